The first-order valence-electron chi connectivity index (χ1n) is 5.96. The molecule has 0 amide bonds. The summed E-state index contributed by atoms with van der Waals surface area (Å²) < 4.78 is 10.7. The Kier molecular flexibility index (Phi) is 3.55. The maximum atomic E-state index is 10.8. The van der Waals surface area contributed by atoms with Gasteiger partial charge in [0.25, 0.3) is 0 Å². The molecule has 0 saturated heterocycles. The summed E-state index contributed by atoms with van der Waals surface area (Å²) in [6, 6.07) is 3.82. The second-order valence-electron chi connectivity index (χ2n) is 4.20. The van der Waals surface area contributed by atoms with Crippen LogP contribution in [0.15, 0.2) is 22.7 Å². The molecule has 1 heterocycles. The van der Waals surface area contributed by atoms with Crippen molar-refractivity contribution in [2.24, 2.45) is 0 Å². The van der Waals surface area contributed by atoms with Gasteiger partial charge >= 0.3 is 11.9 Å². The monoisotopic (exact) mass is 261 g/mol. The Balaban J connectivity index is 2.44. The van der Waals surface area contributed by atoms with Crippen molar-refractivity contribution >= 4 is 5.97 Å². The first-order chi connectivity index (χ1) is 9.02. The third-order valence-electron chi connectivity index (χ3n) is 2.78. The van der Waals surface area contributed by atoms with Crippen LogP contribution >= 0.6 is 0 Å². The second kappa shape index (κ2) is 5.14. The minimum Gasteiger partial charge on any atom is -0.494 e. The van der Waals surface area contributed by atoms with Crippen LogP contribution in [0, 0.1) is 13.8 Å². The molecule has 0 radical (unpaired) electrons. The lowest BCUT2D eigenvalue weighted by Crippen LogP contribution is -1.96. The molecule has 0 bridgehead atoms. The zero-order chi connectivity index (χ0) is 14.0. The number of hydrogen-bond donors (Lipinski definition) is 1. The number of rotatable bonds is 4. The molecule has 0 saturated carbocycles. The predicted molar refractivity (Wildman–Crippen MR) is 69.5 cm³/mol. The Morgan fingerprint density at radius 2 is 2.11 bits per heavy atom. The Bertz CT molecular complexity index is 616. The van der Waals surface area contributed by atoms with Gasteiger partial charge in [0.15, 0.2) is 5.76 Å². The van der Waals surface area contributed by atoms with Crippen LogP contribution in [0.25, 0.3) is 11.3 Å². The normalized spacial score (nSPS) is 10.5. The second-order valence-corrected chi connectivity index (χ2v) is 4.20. The van der Waals surface area contributed by atoms with Gasteiger partial charge in [0.05, 0.1) is 12.8 Å². The summed E-state index contributed by atoms with van der Waals surface area (Å²) in [4.78, 5) is 14.5. The number of carboxylic acid groups (broad SMARTS) is 1. The topological polar surface area (TPSA) is 72.6 Å². The molecule has 0 aliphatic carbocycles. The van der Waals surface area contributed by atoms with E-state index in [0.717, 1.165) is 22.4 Å². The molecule has 0 aliphatic rings. The average Bonchev–Trinajstić information content (AvgIpc) is 2.83. The van der Waals surface area contributed by atoms with Crippen LogP contribution in [-0.4, -0.2) is 22.7 Å². The van der Waals surface area contributed by atoms with Gasteiger partial charge in [0.1, 0.15) is 5.75 Å². The lowest BCUT2D eigenvalue weighted by molar-refractivity contribution is 0.0654. The van der Waals surface area contributed by atoms with E-state index in [1.165, 1.54) is 6.20 Å². The van der Waals surface area contributed by atoms with Crippen LogP contribution in [0.5, 0.6) is 5.75 Å². The van der Waals surface area contributed by atoms with E-state index in [1.807, 2.05) is 32.9 Å². The van der Waals surface area contributed by atoms with Gasteiger partial charge in [-0.3, -0.25) is 0 Å². The number of aromatic carboxylic acids is 1. The molecule has 0 aliphatic heterocycles. The van der Waals surface area contributed by atoms with E-state index in [-0.39, 0.29) is 5.89 Å². The van der Waals surface area contributed by atoms with Crippen molar-refractivity contribution in [1.29, 1.82) is 0 Å². The molecule has 19 heavy (non-hydrogen) atoms. The lowest BCUT2D eigenvalue weighted by Gasteiger charge is -2.10. The number of benzene rings is 1. The molecule has 0 fully saturated rings. The molecule has 0 atom stereocenters. The van der Waals surface area contributed by atoms with Gasteiger partial charge < -0.3 is 14.3 Å². The van der Waals surface area contributed by atoms with Crippen molar-refractivity contribution in [3.05, 3.63) is 35.3 Å². The standard InChI is InChI=1S/C14H15NO4/c1-4-18-11-6-8(2)10(5-9(11)3)12-7-15-13(19-12)14(16)17/h5-7H,4H2,1-3H3,(H,16,17). The highest BCUT2D eigenvalue weighted by molar-refractivity contribution is 5.82. The molecular formula is C14H15NO4. The molecular weight excluding hydrogens is 246 g/mol. The molecule has 5 heteroatoms. The fraction of sp³-hybridized carbons (Fsp3) is 0.286. The van der Waals surface area contributed by atoms with E-state index >= 15 is 0 Å². The van der Waals surface area contributed by atoms with Crippen LogP contribution in [-0.2, 0) is 0 Å². The molecule has 0 unspecified atom stereocenters. The number of carboxylic acids is 1. The van der Waals surface area contributed by atoms with Gasteiger partial charge in [-0.2, -0.15) is 0 Å². The van der Waals surface area contributed by atoms with E-state index < -0.39 is 5.97 Å². The third-order valence-corrected chi connectivity index (χ3v) is 2.78. The molecule has 100 valence electrons. The third kappa shape index (κ3) is 2.59. The van der Waals surface area contributed by atoms with Crippen LogP contribution < -0.4 is 4.74 Å². The summed E-state index contributed by atoms with van der Waals surface area (Å²) in [7, 11) is 0. The molecule has 5 nitrogen and oxygen atoms in total. The molecule has 2 rings (SSSR count). The fourth-order valence-electron chi connectivity index (χ4n) is 1.86. The van der Waals surface area contributed by atoms with Gasteiger partial charge in [0.2, 0.25) is 0 Å². The molecule has 1 aromatic carbocycles. The summed E-state index contributed by atoms with van der Waals surface area (Å²) >= 11 is 0. The fourth-order valence-corrected chi connectivity index (χ4v) is 1.86. The lowest BCUT2D eigenvalue weighted by atomic mass is 10.0. The molecule has 1 aromatic heterocycles. The van der Waals surface area contributed by atoms with Crippen molar-refractivity contribution in [2.45, 2.75) is 20.8 Å². The number of nitrogens with zero attached hydrogens (tertiary/aromatic N) is 1. The highest BCUT2D eigenvalue weighted by Crippen LogP contribution is 2.30. The highest BCUT2D eigenvalue weighted by atomic mass is 16.5. The zero-order valence-corrected chi connectivity index (χ0v) is 11.1. The number of ether oxygens (including phenoxy) is 1. The zero-order valence-electron chi connectivity index (χ0n) is 11.1. The van der Waals surface area contributed by atoms with Crippen molar-refractivity contribution in [3.63, 3.8) is 0 Å². The predicted octanol–water partition coefficient (Wildman–Crippen LogP) is 3.06. The van der Waals surface area contributed by atoms with Gasteiger partial charge in [-0.25, -0.2) is 9.78 Å². The Morgan fingerprint density at radius 3 is 2.68 bits per heavy atom. The summed E-state index contributed by atoms with van der Waals surface area (Å²) in [6.07, 6.45) is 1.42. The molecule has 2 aromatic rings. The van der Waals surface area contributed by atoms with Gasteiger partial charge in [-0.15, -0.1) is 0 Å². The maximum absolute atomic E-state index is 10.8. The van der Waals surface area contributed by atoms with E-state index in [0.29, 0.717) is 12.4 Å². The number of carbonyl (C=O) groups is 1. The SMILES string of the molecule is CCOc1cc(C)c(-c2cnc(C(=O)O)o2)cc1C. The van der Waals surface area contributed by atoms with Crippen molar-refractivity contribution in [1.82, 2.24) is 4.98 Å². The molecule has 0 spiro atoms. The number of hydrogen-bond acceptors (Lipinski definition) is 4. The van der Waals surface area contributed by atoms with Crippen LogP contribution in [0.3, 0.4) is 0 Å². The van der Waals surface area contributed by atoms with Crippen LogP contribution in [0.2, 0.25) is 0 Å². The summed E-state index contributed by atoms with van der Waals surface area (Å²) in [5.41, 5.74) is 2.74. The molecule has 1 N–H and O–H groups in total. The van der Waals surface area contributed by atoms with E-state index in [2.05, 4.69) is 4.98 Å². The van der Waals surface area contributed by atoms with Crippen molar-refractivity contribution in [2.75, 3.05) is 6.61 Å². The van der Waals surface area contributed by atoms with Crippen LogP contribution in [0.4, 0.5) is 0 Å². The quantitative estimate of drug-likeness (QED) is 0.915. The highest BCUT2D eigenvalue weighted by Gasteiger charge is 2.15. The summed E-state index contributed by atoms with van der Waals surface area (Å²) in [5.74, 6) is -0.213. The largest absolute Gasteiger partial charge is 0.494 e. The summed E-state index contributed by atoms with van der Waals surface area (Å²) in [6.45, 7) is 6.38. The van der Waals surface area contributed by atoms with Crippen molar-refractivity contribution < 1.29 is 19.1 Å². The average molecular weight is 261 g/mol. The van der Waals surface area contributed by atoms with E-state index in [4.69, 9.17) is 14.3 Å². The van der Waals surface area contributed by atoms with Crippen LogP contribution in [0.1, 0.15) is 28.7 Å². The number of oxazole rings is 1. The Labute approximate surface area is 110 Å². The summed E-state index contributed by atoms with van der Waals surface area (Å²) in [5, 5.41) is 8.81. The number of aryl methyl sites for hydroxylation is 2. The first kappa shape index (κ1) is 13.1. The minimum absolute atomic E-state index is 0.305. The van der Waals surface area contributed by atoms with Gasteiger partial charge in [-0.05, 0) is 44.0 Å². The Hall–Kier alpha value is -2.30. The van der Waals surface area contributed by atoms with E-state index in [1.54, 1.807) is 0 Å². The van der Waals surface area contributed by atoms with E-state index in [9.17, 15) is 4.79 Å². The Morgan fingerprint density at radius 1 is 1.37 bits per heavy atom. The minimum atomic E-state index is -1.17. The van der Waals surface area contributed by atoms with Crippen molar-refractivity contribution in [3.8, 4) is 17.1 Å². The number of aromatic nitrogens is 1. The smallest absolute Gasteiger partial charge is 0.392 e. The van der Waals surface area contributed by atoms with Gasteiger partial charge in [-0.1, -0.05) is 0 Å². The maximum Gasteiger partial charge on any atom is 0.392 e. The van der Waals surface area contributed by atoms with Gasteiger partial charge in [0, 0.05) is 5.56 Å². The first-order valence-corrected chi connectivity index (χ1v) is 5.96.